The van der Waals surface area contributed by atoms with Crippen LogP contribution in [0.1, 0.15) is 6.92 Å². The predicted molar refractivity (Wildman–Crippen MR) is 44.6 cm³/mol. The fourth-order valence-corrected chi connectivity index (χ4v) is 0.887. The summed E-state index contributed by atoms with van der Waals surface area (Å²) in [6.07, 6.45) is 0. The van der Waals surface area contributed by atoms with E-state index in [4.69, 9.17) is 5.73 Å². The molecule has 1 aromatic heterocycles. The molecule has 1 unspecified atom stereocenters. The highest BCUT2D eigenvalue weighted by atomic mass is 32.1. The molecule has 1 heterocycles. The van der Waals surface area contributed by atoms with Gasteiger partial charge in [-0.1, -0.05) is 16.5 Å². The van der Waals surface area contributed by atoms with Gasteiger partial charge in [0.1, 0.15) is 0 Å². The Labute approximate surface area is 73.3 Å². The van der Waals surface area contributed by atoms with Crippen LogP contribution >= 0.6 is 11.5 Å². The van der Waals surface area contributed by atoms with Gasteiger partial charge >= 0.3 is 0 Å². The van der Waals surface area contributed by atoms with Crippen LogP contribution in [0.4, 0.5) is 5.13 Å². The number of carbonyl (C=O) groups is 1. The molecule has 0 saturated carbocycles. The molecule has 0 radical (unpaired) electrons. The van der Waals surface area contributed by atoms with Crippen molar-refractivity contribution >= 4 is 22.6 Å². The van der Waals surface area contributed by atoms with Crippen molar-refractivity contribution in [1.82, 2.24) is 14.8 Å². The van der Waals surface area contributed by atoms with Gasteiger partial charge in [0.05, 0.1) is 0 Å². The van der Waals surface area contributed by atoms with Crippen LogP contribution in [0, 0.1) is 5.92 Å². The molecule has 0 aromatic carbocycles. The number of nitrogens with one attached hydrogen (secondary N) is 1. The van der Waals surface area contributed by atoms with E-state index in [0.29, 0.717) is 11.7 Å². The van der Waals surface area contributed by atoms with E-state index < -0.39 is 0 Å². The minimum absolute atomic E-state index is 0.156. The van der Waals surface area contributed by atoms with Crippen molar-refractivity contribution in [3.63, 3.8) is 0 Å². The van der Waals surface area contributed by atoms with Crippen molar-refractivity contribution < 1.29 is 4.79 Å². The number of amides is 1. The molecule has 12 heavy (non-hydrogen) atoms. The molecule has 0 bridgehead atoms. The van der Waals surface area contributed by atoms with Crippen molar-refractivity contribution in [3.8, 4) is 0 Å². The maximum Gasteiger partial charge on any atom is 0.231 e. The zero-order chi connectivity index (χ0) is 8.97. The topological polar surface area (TPSA) is 93.8 Å². The molecule has 0 spiro atoms. The highest BCUT2D eigenvalue weighted by molar-refractivity contribution is 7.09. The number of rotatable bonds is 3. The van der Waals surface area contributed by atoms with Gasteiger partial charge in [-0.15, -0.1) is 0 Å². The second kappa shape index (κ2) is 4.07. The largest absolute Gasteiger partial charge is 0.330 e. The third-order valence-electron chi connectivity index (χ3n) is 1.33. The van der Waals surface area contributed by atoms with Gasteiger partial charge in [0.25, 0.3) is 0 Å². The van der Waals surface area contributed by atoms with E-state index >= 15 is 0 Å². The lowest BCUT2D eigenvalue weighted by Gasteiger charge is -2.05. The molecule has 0 aliphatic heterocycles. The zero-order valence-electron chi connectivity index (χ0n) is 6.52. The quantitative estimate of drug-likeness (QED) is 0.663. The molecule has 66 valence electrons. The molecule has 0 aliphatic carbocycles. The van der Waals surface area contributed by atoms with E-state index in [-0.39, 0.29) is 11.8 Å². The van der Waals surface area contributed by atoms with E-state index in [2.05, 4.69) is 20.1 Å². The molecule has 0 aliphatic rings. The molecule has 7 heteroatoms. The minimum Gasteiger partial charge on any atom is -0.330 e. The summed E-state index contributed by atoms with van der Waals surface area (Å²) < 4.78 is 3.49. The van der Waals surface area contributed by atoms with E-state index in [0.717, 1.165) is 11.5 Å². The summed E-state index contributed by atoms with van der Waals surface area (Å²) in [5.74, 6) is -0.370. The molecule has 1 atom stereocenters. The SMILES string of the molecule is CC(CN)C(=O)Nc1nnns1. The van der Waals surface area contributed by atoms with Gasteiger partial charge in [-0.3, -0.25) is 10.1 Å². The Morgan fingerprint density at radius 2 is 2.58 bits per heavy atom. The highest BCUT2D eigenvalue weighted by Gasteiger charge is 2.12. The summed E-state index contributed by atoms with van der Waals surface area (Å²) >= 11 is 1.03. The highest BCUT2D eigenvalue weighted by Crippen LogP contribution is 2.06. The predicted octanol–water partition coefficient (Wildman–Crippen LogP) is -0.534. The van der Waals surface area contributed by atoms with E-state index in [1.807, 2.05) is 0 Å². The number of nitrogens with zero attached hydrogens (tertiary/aromatic N) is 3. The molecule has 1 aromatic rings. The van der Waals surface area contributed by atoms with Crippen LogP contribution in [0.3, 0.4) is 0 Å². The summed E-state index contributed by atoms with van der Waals surface area (Å²) in [5.41, 5.74) is 5.29. The van der Waals surface area contributed by atoms with Gasteiger partial charge in [-0.2, -0.15) is 0 Å². The van der Waals surface area contributed by atoms with Crippen LogP contribution in [0.2, 0.25) is 0 Å². The number of hydrogen-bond acceptors (Lipinski definition) is 6. The molecule has 0 fully saturated rings. The lowest BCUT2D eigenvalue weighted by atomic mass is 10.2. The Hall–Kier alpha value is -1.08. The summed E-state index contributed by atoms with van der Waals surface area (Å²) in [7, 11) is 0. The second-order valence-corrected chi connectivity index (χ2v) is 3.03. The van der Waals surface area contributed by atoms with Gasteiger partial charge < -0.3 is 5.73 Å². The maximum absolute atomic E-state index is 11.2. The Morgan fingerprint density at radius 1 is 1.83 bits per heavy atom. The average Bonchev–Trinajstić information content (AvgIpc) is 2.55. The summed E-state index contributed by atoms with van der Waals surface area (Å²) in [6, 6.07) is 0. The Morgan fingerprint density at radius 3 is 3.08 bits per heavy atom. The monoisotopic (exact) mass is 187 g/mol. The van der Waals surface area contributed by atoms with Gasteiger partial charge in [0.2, 0.25) is 11.0 Å². The molecule has 6 nitrogen and oxygen atoms in total. The lowest BCUT2D eigenvalue weighted by molar-refractivity contribution is -0.119. The Balaban J connectivity index is 2.47. The van der Waals surface area contributed by atoms with Crippen molar-refractivity contribution in [1.29, 1.82) is 0 Å². The van der Waals surface area contributed by atoms with Crippen LogP contribution in [0.5, 0.6) is 0 Å². The fraction of sp³-hybridized carbons (Fsp3) is 0.600. The molecule has 0 saturated heterocycles. The molecular weight excluding hydrogens is 178 g/mol. The van der Waals surface area contributed by atoms with Crippen LogP contribution in [-0.4, -0.2) is 27.3 Å². The fourth-order valence-electron chi connectivity index (χ4n) is 0.518. The first-order valence-electron chi connectivity index (χ1n) is 3.40. The Kier molecular flexibility index (Phi) is 3.06. The van der Waals surface area contributed by atoms with Crippen LogP contribution in [0.25, 0.3) is 0 Å². The number of anilines is 1. The number of nitrogens with two attached hydrogens (primary N) is 1. The van der Waals surface area contributed by atoms with Crippen molar-refractivity contribution in [2.45, 2.75) is 6.92 Å². The number of carbonyl (C=O) groups excluding carboxylic acids is 1. The van der Waals surface area contributed by atoms with Crippen LogP contribution < -0.4 is 11.1 Å². The van der Waals surface area contributed by atoms with E-state index in [1.165, 1.54) is 0 Å². The third kappa shape index (κ3) is 2.21. The van der Waals surface area contributed by atoms with Crippen molar-refractivity contribution in [2.75, 3.05) is 11.9 Å². The van der Waals surface area contributed by atoms with Gasteiger partial charge in [-0.05, 0) is 5.21 Å². The normalized spacial score (nSPS) is 12.5. The van der Waals surface area contributed by atoms with Crippen molar-refractivity contribution in [2.24, 2.45) is 11.7 Å². The van der Waals surface area contributed by atoms with Crippen LogP contribution in [0.15, 0.2) is 0 Å². The summed E-state index contributed by atoms with van der Waals surface area (Å²) in [5, 5.41) is 9.83. The second-order valence-electron chi connectivity index (χ2n) is 2.29. The first kappa shape index (κ1) is 9.01. The maximum atomic E-state index is 11.2. The molecular formula is C5H9N5OS. The molecule has 1 rings (SSSR count). The molecule has 1 amide bonds. The van der Waals surface area contributed by atoms with Gasteiger partial charge in [0, 0.05) is 24.0 Å². The number of hydrogen-bond donors (Lipinski definition) is 2. The average molecular weight is 187 g/mol. The smallest absolute Gasteiger partial charge is 0.231 e. The summed E-state index contributed by atoms with van der Waals surface area (Å²) in [4.78, 5) is 11.2. The van der Waals surface area contributed by atoms with Crippen LogP contribution in [-0.2, 0) is 4.79 Å². The first-order valence-corrected chi connectivity index (χ1v) is 4.17. The zero-order valence-corrected chi connectivity index (χ0v) is 7.34. The molecule has 3 N–H and O–H groups in total. The van der Waals surface area contributed by atoms with E-state index in [1.54, 1.807) is 6.92 Å². The standard InChI is InChI=1S/C5H9N5OS/c1-3(2-6)4(11)7-5-8-9-10-12-5/h3H,2,6H2,1H3,(H,7,8,10,11). The summed E-state index contributed by atoms with van der Waals surface area (Å²) in [6.45, 7) is 2.06. The first-order chi connectivity index (χ1) is 5.74. The number of aromatic nitrogens is 3. The van der Waals surface area contributed by atoms with Gasteiger partial charge in [-0.25, -0.2) is 0 Å². The minimum atomic E-state index is -0.214. The van der Waals surface area contributed by atoms with Gasteiger partial charge in [0.15, 0.2) is 0 Å². The van der Waals surface area contributed by atoms with E-state index in [9.17, 15) is 4.79 Å². The lowest BCUT2D eigenvalue weighted by Crippen LogP contribution is -2.26. The van der Waals surface area contributed by atoms with Crippen molar-refractivity contribution in [3.05, 3.63) is 0 Å². The Bertz CT molecular complexity index is 248. The third-order valence-corrected chi connectivity index (χ3v) is 1.84.